The van der Waals surface area contributed by atoms with Crippen molar-refractivity contribution in [3.63, 3.8) is 0 Å². The first-order valence-corrected chi connectivity index (χ1v) is 11.5. The Balaban J connectivity index is 1.45. The summed E-state index contributed by atoms with van der Waals surface area (Å²) in [5.41, 5.74) is 1.10. The second kappa shape index (κ2) is 11.1. The lowest BCUT2D eigenvalue weighted by atomic mass is 10.0. The van der Waals surface area contributed by atoms with E-state index in [4.69, 9.17) is 4.74 Å². The topological polar surface area (TPSA) is 9.23 Å². The van der Waals surface area contributed by atoms with Crippen LogP contribution in [0.2, 0.25) is 0 Å². The van der Waals surface area contributed by atoms with Crippen LogP contribution in [0.5, 0.6) is 5.75 Å². The largest absolute Gasteiger partial charge is 0.493 e. The average Bonchev–Trinajstić information content (AvgIpc) is 2.83. The van der Waals surface area contributed by atoms with E-state index in [1.165, 1.54) is 30.3 Å². The molecule has 1 nitrogen and oxygen atoms in total. The van der Waals surface area contributed by atoms with Crippen LogP contribution in [-0.4, -0.2) is 6.61 Å². The first-order valence-electron chi connectivity index (χ1n) is 11.5. The predicted octanol–water partition coefficient (Wildman–Crippen LogP) is 7.76. The van der Waals surface area contributed by atoms with Crippen molar-refractivity contribution in [1.82, 2.24) is 0 Å². The van der Waals surface area contributed by atoms with Crippen LogP contribution in [0.1, 0.15) is 42.0 Å². The predicted molar refractivity (Wildman–Crippen MR) is 130 cm³/mol. The smallest absolute Gasteiger partial charge is 0.142 e. The van der Waals surface area contributed by atoms with Gasteiger partial charge in [0.2, 0.25) is 0 Å². The highest BCUT2D eigenvalue weighted by Crippen LogP contribution is 2.21. The highest BCUT2D eigenvalue weighted by molar-refractivity contribution is 5.84. The molecule has 0 spiro atoms. The SMILES string of the molecule is CCCCOc1ccc(CCc2cc(F)c(C#Cc3ccc4cc(F)ccc4c3)c(F)c2)c(F)c1. The molecule has 0 atom stereocenters. The molecular weight excluding hydrogens is 452 g/mol. The molecule has 0 N–H and O–H groups in total. The second-order valence-electron chi connectivity index (χ2n) is 8.35. The summed E-state index contributed by atoms with van der Waals surface area (Å²) in [6.45, 7) is 2.58. The van der Waals surface area contributed by atoms with Crippen LogP contribution in [0.4, 0.5) is 17.6 Å². The van der Waals surface area contributed by atoms with Crippen LogP contribution in [0.25, 0.3) is 10.8 Å². The third-order valence-electron chi connectivity index (χ3n) is 5.71. The van der Waals surface area contributed by atoms with Crippen LogP contribution in [-0.2, 0) is 12.8 Å². The summed E-state index contributed by atoms with van der Waals surface area (Å²) in [5.74, 6) is 3.53. The van der Waals surface area contributed by atoms with Gasteiger partial charge in [-0.25, -0.2) is 17.6 Å². The quantitative estimate of drug-likeness (QED) is 0.150. The van der Waals surface area contributed by atoms with Crippen molar-refractivity contribution in [2.45, 2.75) is 32.6 Å². The zero-order valence-electron chi connectivity index (χ0n) is 19.3. The lowest BCUT2D eigenvalue weighted by Crippen LogP contribution is -2.00. The molecule has 0 unspecified atom stereocenters. The molecule has 0 amide bonds. The van der Waals surface area contributed by atoms with E-state index in [-0.39, 0.29) is 17.8 Å². The Morgan fingerprint density at radius 2 is 1.46 bits per heavy atom. The number of rotatable bonds is 7. The number of hydrogen-bond donors (Lipinski definition) is 0. The zero-order chi connectivity index (χ0) is 24.8. The monoisotopic (exact) mass is 476 g/mol. The van der Waals surface area contributed by atoms with E-state index in [9.17, 15) is 17.6 Å². The van der Waals surface area contributed by atoms with Gasteiger partial charge in [0.15, 0.2) is 0 Å². The standard InChI is InChI=1S/C30H24F4O/c1-2-3-14-35-26-12-10-22(28(32)19-26)7-5-21-16-29(33)27(30(34)17-21)13-6-20-4-8-24-18-25(31)11-9-23(24)15-20/h4,8-12,15-19H,2-3,5,7,14H2,1H3. The van der Waals surface area contributed by atoms with Crippen molar-refractivity contribution >= 4 is 10.8 Å². The number of fused-ring (bicyclic) bond motifs is 1. The molecule has 0 fully saturated rings. The second-order valence-corrected chi connectivity index (χ2v) is 8.35. The molecule has 0 saturated heterocycles. The third-order valence-corrected chi connectivity index (χ3v) is 5.71. The molecule has 5 heteroatoms. The number of ether oxygens (including phenoxy) is 1. The molecule has 4 aromatic rings. The Bertz CT molecular complexity index is 1390. The van der Waals surface area contributed by atoms with Crippen molar-refractivity contribution in [1.29, 1.82) is 0 Å². The molecule has 4 aromatic carbocycles. The van der Waals surface area contributed by atoms with Crippen molar-refractivity contribution in [2.24, 2.45) is 0 Å². The molecule has 0 aliphatic carbocycles. The van der Waals surface area contributed by atoms with Crippen LogP contribution in [0, 0.1) is 35.1 Å². The first kappa shape index (κ1) is 24.3. The highest BCUT2D eigenvalue weighted by Gasteiger charge is 2.11. The molecular formula is C30H24F4O. The lowest BCUT2D eigenvalue weighted by Gasteiger charge is -2.09. The van der Waals surface area contributed by atoms with Gasteiger partial charge in [0, 0.05) is 11.6 Å². The number of unbranched alkanes of at least 4 members (excludes halogenated alkanes) is 1. The van der Waals surface area contributed by atoms with Crippen LogP contribution in [0.15, 0.2) is 66.7 Å². The van der Waals surface area contributed by atoms with Crippen molar-refractivity contribution in [3.8, 4) is 17.6 Å². The van der Waals surface area contributed by atoms with Gasteiger partial charge in [-0.1, -0.05) is 43.4 Å². The molecule has 0 aliphatic rings. The molecule has 178 valence electrons. The normalized spacial score (nSPS) is 10.8. The number of aryl methyl sites for hydroxylation is 2. The van der Waals surface area contributed by atoms with E-state index in [1.807, 2.05) is 6.92 Å². The van der Waals surface area contributed by atoms with Gasteiger partial charge in [0.25, 0.3) is 0 Å². The fourth-order valence-corrected chi connectivity index (χ4v) is 3.75. The van der Waals surface area contributed by atoms with Crippen LogP contribution >= 0.6 is 0 Å². The van der Waals surface area contributed by atoms with E-state index < -0.39 is 17.5 Å². The van der Waals surface area contributed by atoms with Crippen LogP contribution in [0.3, 0.4) is 0 Å². The van der Waals surface area contributed by atoms with Gasteiger partial charge >= 0.3 is 0 Å². The summed E-state index contributed by atoms with van der Waals surface area (Å²) < 4.78 is 62.5. The maximum atomic E-state index is 14.6. The molecule has 0 aliphatic heterocycles. The van der Waals surface area contributed by atoms with E-state index in [0.717, 1.165) is 18.2 Å². The summed E-state index contributed by atoms with van der Waals surface area (Å²) in [6.07, 6.45) is 2.45. The van der Waals surface area contributed by atoms with Gasteiger partial charge in [0.1, 0.15) is 29.0 Å². The number of halogens is 4. The summed E-state index contributed by atoms with van der Waals surface area (Å²) in [4.78, 5) is 0. The Morgan fingerprint density at radius 3 is 2.20 bits per heavy atom. The fourth-order valence-electron chi connectivity index (χ4n) is 3.75. The zero-order valence-corrected chi connectivity index (χ0v) is 19.3. The number of hydrogen-bond acceptors (Lipinski definition) is 1. The molecule has 0 heterocycles. The first-order chi connectivity index (χ1) is 16.9. The highest BCUT2D eigenvalue weighted by atomic mass is 19.1. The summed E-state index contributed by atoms with van der Waals surface area (Å²) in [6, 6.07) is 16.7. The van der Waals surface area contributed by atoms with E-state index >= 15 is 0 Å². The molecule has 0 bridgehead atoms. The summed E-state index contributed by atoms with van der Waals surface area (Å²) in [5, 5.41) is 1.50. The van der Waals surface area contributed by atoms with Crippen molar-refractivity contribution in [2.75, 3.05) is 6.61 Å². The van der Waals surface area contributed by atoms with Gasteiger partial charge in [0.05, 0.1) is 12.2 Å². The van der Waals surface area contributed by atoms with E-state index in [0.29, 0.717) is 40.9 Å². The minimum atomic E-state index is -0.768. The molecule has 0 aromatic heterocycles. The maximum Gasteiger partial charge on any atom is 0.142 e. The van der Waals surface area contributed by atoms with Crippen LogP contribution < -0.4 is 4.74 Å². The summed E-state index contributed by atoms with van der Waals surface area (Å²) in [7, 11) is 0. The van der Waals surface area contributed by atoms with Gasteiger partial charge in [-0.2, -0.15) is 0 Å². The molecule has 4 rings (SSSR count). The Morgan fingerprint density at radius 1 is 0.714 bits per heavy atom. The Kier molecular flexibility index (Phi) is 7.72. The minimum absolute atomic E-state index is 0.274. The Labute approximate surface area is 202 Å². The van der Waals surface area contributed by atoms with E-state index in [1.54, 1.807) is 36.4 Å². The average molecular weight is 477 g/mol. The van der Waals surface area contributed by atoms with Gasteiger partial charge in [-0.15, -0.1) is 0 Å². The fraction of sp³-hybridized carbons (Fsp3) is 0.200. The van der Waals surface area contributed by atoms with Crippen molar-refractivity contribution in [3.05, 3.63) is 112 Å². The Hall–Kier alpha value is -3.78. The van der Waals surface area contributed by atoms with Gasteiger partial charge in [-0.05, 0) is 83.6 Å². The molecule has 0 saturated carbocycles. The van der Waals surface area contributed by atoms with Gasteiger partial charge in [-0.3, -0.25) is 0 Å². The van der Waals surface area contributed by atoms with Gasteiger partial charge < -0.3 is 4.74 Å². The molecule has 0 radical (unpaired) electrons. The number of benzene rings is 4. The lowest BCUT2D eigenvalue weighted by molar-refractivity contribution is 0.307. The maximum absolute atomic E-state index is 14.6. The minimum Gasteiger partial charge on any atom is -0.493 e. The molecule has 35 heavy (non-hydrogen) atoms. The third kappa shape index (κ3) is 6.22. The van der Waals surface area contributed by atoms with Crippen molar-refractivity contribution < 1.29 is 22.3 Å². The summed E-state index contributed by atoms with van der Waals surface area (Å²) >= 11 is 0. The van der Waals surface area contributed by atoms with E-state index in [2.05, 4.69) is 11.8 Å².